The fraction of sp³-hybridized carbons (Fsp3) is 0.478. The molecule has 0 fully saturated rings. The molecule has 52 heavy (non-hydrogen) atoms. The number of benzene rings is 4. The Morgan fingerprint density at radius 3 is 0.712 bits per heavy atom. The van der Waals surface area contributed by atoms with Crippen LogP contribution in [0.2, 0.25) is 0 Å². The van der Waals surface area contributed by atoms with Gasteiger partial charge in [-0.1, -0.05) is 107 Å². The molecule has 0 aliphatic heterocycles. The lowest BCUT2D eigenvalue weighted by Gasteiger charge is -2.21. The molecule has 0 spiro atoms. The fourth-order valence-corrected chi connectivity index (χ4v) is 10.7. The molecule has 0 aliphatic rings. The number of fused-ring (bicyclic) bond motifs is 6. The molecule has 6 rings (SSSR count). The van der Waals surface area contributed by atoms with E-state index in [1.165, 1.54) is 44.5 Å². The fourth-order valence-electron chi connectivity index (χ4n) is 7.31. The standard InChI is InChI=1S/C46H60O4P2/c1-27-19-31-32-20-28(2)24-36(44(8,9)10)40(32)48-51(47-39(31)35(23-27)43(5,6)7)17-18-52-49-41-33(21-29(3)25-37(41)45(11,12)13)34-22-30(4)26-38(42(34)50-52)46(14,15)16/h19-26H,17-18H2,1-16H3. The lowest BCUT2D eigenvalue weighted by molar-refractivity contribution is 0.559. The molecule has 0 atom stereocenters. The first-order chi connectivity index (χ1) is 23.9. The molecule has 0 saturated heterocycles. The molecule has 6 heteroatoms. The van der Waals surface area contributed by atoms with Gasteiger partial charge in [-0.15, -0.1) is 0 Å². The van der Waals surface area contributed by atoms with Crippen molar-refractivity contribution in [2.45, 2.75) is 145 Å². The minimum atomic E-state index is -1.40. The number of hydrogen-bond donors (Lipinski definition) is 0. The van der Waals surface area contributed by atoms with Gasteiger partial charge in [0.15, 0.2) is 0 Å². The number of hydrogen-bond acceptors (Lipinski definition) is 4. The minimum Gasteiger partial charge on any atom is -0.419 e. The zero-order valence-electron chi connectivity index (χ0n) is 34.6. The molecule has 0 amide bonds. The van der Waals surface area contributed by atoms with Crippen LogP contribution in [-0.4, -0.2) is 0 Å². The van der Waals surface area contributed by atoms with E-state index in [9.17, 15) is 0 Å². The van der Waals surface area contributed by atoms with E-state index in [0.717, 1.165) is 43.9 Å². The maximum Gasteiger partial charge on any atom is 0.217 e. The first kappa shape index (κ1) is 38.4. The second kappa shape index (κ2) is 13.2. The first-order valence-electron chi connectivity index (χ1n) is 18.8. The molecule has 4 aromatic carbocycles. The van der Waals surface area contributed by atoms with Gasteiger partial charge in [-0.2, -0.15) is 0 Å². The van der Waals surface area contributed by atoms with E-state index in [2.05, 4.69) is 159 Å². The Bertz CT molecular complexity index is 2100. The van der Waals surface area contributed by atoms with E-state index in [1.54, 1.807) is 0 Å². The van der Waals surface area contributed by atoms with Gasteiger partial charge >= 0.3 is 0 Å². The number of aryl methyl sites for hydroxylation is 6. The van der Waals surface area contributed by atoms with E-state index in [-0.39, 0.29) is 21.7 Å². The third-order valence-corrected chi connectivity index (χ3v) is 13.1. The molecule has 6 aromatic rings. The van der Waals surface area contributed by atoms with Crippen molar-refractivity contribution in [1.82, 2.24) is 0 Å². The van der Waals surface area contributed by atoms with E-state index in [0.29, 0.717) is 12.3 Å². The molecule has 0 unspecified atom stereocenters. The van der Waals surface area contributed by atoms with Crippen LogP contribution in [-0.2, 0) is 34.0 Å². The highest BCUT2D eigenvalue weighted by molar-refractivity contribution is 7.40. The summed E-state index contributed by atoms with van der Waals surface area (Å²) in [7, 11) is -2.80. The van der Waals surface area contributed by atoms with Gasteiger partial charge in [0.25, 0.3) is 0 Å². The molecule has 278 valence electrons. The van der Waals surface area contributed by atoms with Gasteiger partial charge in [-0.3, -0.25) is 0 Å². The smallest absolute Gasteiger partial charge is 0.217 e. The van der Waals surface area contributed by atoms with Crippen LogP contribution >= 0.6 is 16.0 Å². The van der Waals surface area contributed by atoms with E-state index < -0.39 is 16.0 Å². The van der Waals surface area contributed by atoms with Crippen LogP contribution in [0.3, 0.4) is 0 Å². The van der Waals surface area contributed by atoms with Crippen molar-refractivity contribution in [3.63, 3.8) is 0 Å². The summed E-state index contributed by atoms with van der Waals surface area (Å²) in [4.78, 5) is 0. The molecular weight excluding hydrogens is 678 g/mol. The topological polar surface area (TPSA) is 52.6 Å². The predicted octanol–water partition coefficient (Wildman–Crippen LogP) is 16.0. The third kappa shape index (κ3) is 7.54. The van der Waals surface area contributed by atoms with Gasteiger partial charge in [0.1, 0.15) is 22.3 Å². The Morgan fingerprint density at radius 2 is 0.538 bits per heavy atom. The lowest BCUT2D eigenvalue weighted by Crippen LogP contribution is -2.12. The summed E-state index contributed by atoms with van der Waals surface area (Å²) < 4.78 is 28.6. The molecule has 2 aromatic heterocycles. The van der Waals surface area contributed by atoms with Gasteiger partial charge in [-0.25, -0.2) is 0 Å². The largest absolute Gasteiger partial charge is 0.419 e. The van der Waals surface area contributed by atoms with Crippen molar-refractivity contribution >= 4 is 59.9 Å². The summed E-state index contributed by atoms with van der Waals surface area (Å²) in [6.07, 6.45) is 1.32. The van der Waals surface area contributed by atoms with Crippen molar-refractivity contribution in [3.8, 4) is 0 Å². The van der Waals surface area contributed by atoms with Crippen molar-refractivity contribution in [1.29, 1.82) is 0 Å². The first-order valence-corrected chi connectivity index (χ1v) is 21.5. The van der Waals surface area contributed by atoms with Gasteiger partial charge in [0.05, 0.1) is 12.3 Å². The Labute approximate surface area is 313 Å². The van der Waals surface area contributed by atoms with Crippen LogP contribution in [0.1, 0.15) is 128 Å². The minimum absolute atomic E-state index is 0.119. The lowest BCUT2D eigenvalue weighted by atomic mass is 9.83. The van der Waals surface area contributed by atoms with Gasteiger partial charge in [0, 0.05) is 43.8 Å². The SMILES string of the molecule is Cc1cc(C(C)(C)C)c2op(CCp3oc4c(C(C)(C)C)cc(C)cc4c4cc(C)cc(C(C)(C)C)c4o3)oc3c(C(C)(C)C)cc(C)cc3c2c1. The molecule has 0 N–H and O–H groups in total. The van der Waals surface area contributed by atoms with Crippen LogP contribution in [0.5, 0.6) is 0 Å². The van der Waals surface area contributed by atoms with Crippen molar-refractivity contribution in [2.24, 2.45) is 0 Å². The van der Waals surface area contributed by atoms with E-state index in [4.69, 9.17) is 16.8 Å². The summed E-state index contributed by atoms with van der Waals surface area (Å²) in [5, 5.41) is 4.46. The van der Waals surface area contributed by atoms with E-state index >= 15 is 0 Å². The number of rotatable bonds is 3. The van der Waals surface area contributed by atoms with Crippen LogP contribution in [0, 0.1) is 27.7 Å². The highest BCUT2D eigenvalue weighted by Gasteiger charge is 2.27. The average molecular weight is 739 g/mol. The van der Waals surface area contributed by atoms with Crippen LogP contribution in [0.15, 0.2) is 65.3 Å². The maximum absolute atomic E-state index is 7.15. The maximum atomic E-state index is 7.15. The van der Waals surface area contributed by atoms with Gasteiger partial charge < -0.3 is 16.8 Å². The molecule has 0 radical (unpaired) electrons. The second-order valence-electron chi connectivity index (χ2n) is 19.2. The Morgan fingerprint density at radius 1 is 0.346 bits per heavy atom. The summed E-state index contributed by atoms with van der Waals surface area (Å²) in [5.74, 6) is 0. The Kier molecular flexibility index (Phi) is 9.76. The third-order valence-electron chi connectivity index (χ3n) is 9.98. The average Bonchev–Trinajstić information content (AvgIpc) is 3.24. The quantitative estimate of drug-likeness (QED) is 0.181. The van der Waals surface area contributed by atoms with Crippen molar-refractivity contribution in [2.75, 3.05) is 0 Å². The van der Waals surface area contributed by atoms with Crippen LogP contribution in [0.4, 0.5) is 0 Å². The van der Waals surface area contributed by atoms with Gasteiger partial charge in [-0.05, 0) is 95.9 Å². The van der Waals surface area contributed by atoms with Crippen LogP contribution < -0.4 is 0 Å². The zero-order valence-corrected chi connectivity index (χ0v) is 36.3. The molecule has 0 bridgehead atoms. The van der Waals surface area contributed by atoms with E-state index in [1.807, 2.05) is 0 Å². The molecule has 2 heterocycles. The molecule has 0 aliphatic carbocycles. The van der Waals surface area contributed by atoms with Crippen molar-refractivity contribution in [3.05, 3.63) is 93.0 Å². The summed E-state index contributed by atoms with van der Waals surface area (Å²) in [6, 6.07) is 18.3. The zero-order chi connectivity index (χ0) is 38.3. The van der Waals surface area contributed by atoms with Gasteiger partial charge in [0.2, 0.25) is 16.0 Å². The van der Waals surface area contributed by atoms with Crippen molar-refractivity contribution < 1.29 is 16.8 Å². The molecule has 0 saturated carbocycles. The molecule has 4 nitrogen and oxygen atoms in total. The monoisotopic (exact) mass is 738 g/mol. The molecular formula is C46H60O4P2. The summed E-state index contributed by atoms with van der Waals surface area (Å²) >= 11 is 0. The highest BCUT2D eigenvalue weighted by atomic mass is 31.1. The predicted molar refractivity (Wildman–Crippen MR) is 226 cm³/mol. The Hall–Kier alpha value is -3.32. The van der Waals surface area contributed by atoms with Crippen LogP contribution in [0.25, 0.3) is 43.9 Å². The highest BCUT2D eigenvalue weighted by Crippen LogP contribution is 2.48. The Balaban J connectivity index is 1.69. The normalized spacial score (nSPS) is 13.2. The summed E-state index contributed by atoms with van der Waals surface area (Å²) in [5.41, 5.74) is 13.0. The summed E-state index contributed by atoms with van der Waals surface area (Å²) in [6.45, 7) is 36.0. The second-order valence-corrected chi connectivity index (χ2v) is 22.2.